The molecule has 2 aromatic rings. The third-order valence-electron chi connectivity index (χ3n) is 4.62. The van der Waals surface area contributed by atoms with Crippen molar-refractivity contribution in [3.63, 3.8) is 0 Å². The molecule has 1 atom stereocenters. The topological polar surface area (TPSA) is 50.2 Å². The Morgan fingerprint density at radius 2 is 2.30 bits per heavy atom. The highest BCUT2D eigenvalue weighted by Crippen LogP contribution is 2.23. The van der Waals surface area contributed by atoms with Gasteiger partial charge in [-0.3, -0.25) is 9.69 Å². The molecule has 0 radical (unpaired) electrons. The fourth-order valence-corrected chi connectivity index (χ4v) is 3.84. The summed E-state index contributed by atoms with van der Waals surface area (Å²) in [4.78, 5) is 20.0. The molecule has 0 aromatic carbocycles. The van der Waals surface area contributed by atoms with Crippen molar-refractivity contribution in [3.05, 3.63) is 41.1 Å². The Hall–Kier alpha value is -1.66. The van der Waals surface area contributed by atoms with Crippen LogP contribution in [0.2, 0.25) is 0 Å². The second kappa shape index (κ2) is 7.75. The minimum Gasteiger partial charge on any atom is -0.354 e. The van der Waals surface area contributed by atoms with E-state index in [2.05, 4.69) is 37.3 Å². The van der Waals surface area contributed by atoms with Crippen LogP contribution in [0.5, 0.6) is 0 Å². The number of hydrogen-bond donors (Lipinski definition) is 1. The number of imidazole rings is 1. The summed E-state index contributed by atoms with van der Waals surface area (Å²) in [6.07, 6.45) is 8.81. The number of carbonyl (C=O) groups excluding carboxylic acids is 1. The second-order valence-corrected chi connectivity index (χ2v) is 7.11. The summed E-state index contributed by atoms with van der Waals surface area (Å²) in [5.41, 5.74) is 0. The molecule has 1 fully saturated rings. The average Bonchev–Trinajstić information content (AvgIpc) is 3.28. The van der Waals surface area contributed by atoms with Crippen molar-refractivity contribution in [2.45, 2.75) is 38.3 Å². The van der Waals surface area contributed by atoms with E-state index >= 15 is 0 Å². The van der Waals surface area contributed by atoms with Gasteiger partial charge in [0.2, 0.25) is 5.91 Å². The van der Waals surface area contributed by atoms with Gasteiger partial charge in [-0.25, -0.2) is 4.98 Å². The normalized spacial score (nSPS) is 18.0. The average molecular weight is 332 g/mol. The Morgan fingerprint density at radius 3 is 2.96 bits per heavy atom. The highest BCUT2D eigenvalue weighted by atomic mass is 32.1. The van der Waals surface area contributed by atoms with Gasteiger partial charge in [0.05, 0.1) is 12.4 Å². The monoisotopic (exact) mass is 332 g/mol. The van der Waals surface area contributed by atoms with Crippen LogP contribution in [0.25, 0.3) is 0 Å². The van der Waals surface area contributed by atoms with E-state index in [0.717, 1.165) is 38.9 Å². The lowest BCUT2D eigenvalue weighted by atomic mass is 10.0. The van der Waals surface area contributed by atoms with Gasteiger partial charge in [-0.05, 0) is 37.6 Å². The molecule has 0 spiro atoms. The molecule has 2 aromatic heterocycles. The summed E-state index contributed by atoms with van der Waals surface area (Å²) in [6.45, 7) is 4.65. The first-order chi connectivity index (χ1) is 11.2. The molecule has 0 aliphatic carbocycles. The number of piperidine rings is 1. The lowest BCUT2D eigenvalue weighted by Crippen LogP contribution is -2.48. The lowest BCUT2D eigenvalue weighted by molar-refractivity contribution is -0.126. The summed E-state index contributed by atoms with van der Waals surface area (Å²) in [5, 5.41) is 5.14. The van der Waals surface area contributed by atoms with Crippen LogP contribution >= 0.6 is 11.3 Å². The van der Waals surface area contributed by atoms with Gasteiger partial charge in [0, 0.05) is 42.9 Å². The van der Waals surface area contributed by atoms with Crippen LogP contribution in [0, 0.1) is 0 Å². The smallest absolute Gasteiger partial charge is 0.237 e. The fourth-order valence-electron chi connectivity index (χ4n) is 3.13. The van der Waals surface area contributed by atoms with Crippen LogP contribution in [0.15, 0.2) is 36.2 Å². The molecular formula is C17H24N4OS. The first kappa shape index (κ1) is 16.2. The quantitative estimate of drug-likeness (QED) is 0.883. The van der Waals surface area contributed by atoms with Crippen molar-refractivity contribution in [2.75, 3.05) is 19.6 Å². The fraction of sp³-hybridized carbons (Fsp3) is 0.529. The molecule has 6 heteroatoms. The molecule has 124 valence electrons. The van der Waals surface area contributed by atoms with Crippen LogP contribution in [0.3, 0.4) is 0 Å². The van der Waals surface area contributed by atoms with Crippen LogP contribution in [-0.2, 0) is 11.2 Å². The molecule has 1 aliphatic heterocycles. The van der Waals surface area contributed by atoms with Gasteiger partial charge in [0.15, 0.2) is 0 Å². The largest absolute Gasteiger partial charge is 0.354 e. The van der Waals surface area contributed by atoms with Crippen LogP contribution < -0.4 is 5.32 Å². The number of nitrogens with one attached hydrogen (secondary N) is 1. The van der Waals surface area contributed by atoms with E-state index < -0.39 is 0 Å². The maximum absolute atomic E-state index is 12.3. The number of likely N-dealkylation sites (tertiary alicyclic amines) is 1. The zero-order valence-electron chi connectivity index (χ0n) is 13.5. The number of rotatable bonds is 6. The maximum atomic E-state index is 12.3. The van der Waals surface area contributed by atoms with E-state index in [0.29, 0.717) is 6.04 Å². The van der Waals surface area contributed by atoms with E-state index in [1.165, 1.54) is 4.88 Å². The maximum Gasteiger partial charge on any atom is 0.237 e. The number of amides is 1. The van der Waals surface area contributed by atoms with E-state index in [4.69, 9.17) is 0 Å². The summed E-state index contributed by atoms with van der Waals surface area (Å²) in [6, 6.07) is 4.63. The standard InChI is InChI=1S/C17H24N4OS/c1-14(17(22)19-7-4-16-3-2-12-23-16)20-9-5-15(6-10-20)21-11-8-18-13-21/h2-3,8,11-15H,4-7,9-10H2,1H3,(H,19,22)/t14-/m0/s1. The third-order valence-corrected chi connectivity index (χ3v) is 5.56. The Bertz CT molecular complexity index is 588. The zero-order valence-corrected chi connectivity index (χ0v) is 14.3. The van der Waals surface area contributed by atoms with Crippen LogP contribution in [0.4, 0.5) is 0 Å². The minimum absolute atomic E-state index is 0.0536. The SMILES string of the molecule is C[C@@H](C(=O)NCCc1cccs1)N1CCC(n2ccnc2)CC1. The summed E-state index contributed by atoms with van der Waals surface area (Å²) in [5.74, 6) is 0.141. The number of aromatic nitrogens is 2. The molecule has 3 rings (SSSR count). The van der Waals surface area contributed by atoms with Gasteiger partial charge in [-0.1, -0.05) is 6.07 Å². The van der Waals surface area contributed by atoms with Gasteiger partial charge < -0.3 is 9.88 Å². The first-order valence-corrected chi connectivity index (χ1v) is 9.13. The molecular weight excluding hydrogens is 308 g/mol. The molecule has 0 bridgehead atoms. The van der Waals surface area contributed by atoms with E-state index in [1.807, 2.05) is 25.6 Å². The molecule has 1 saturated heterocycles. The van der Waals surface area contributed by atoms with Gasteiger partial charge in [0.1, 0.15) is 0 Å². The molecule has 1 N–H and O–H groups in total. The predicted molar refractivity (Wildman–Crippen MR) is 92.6 cm³/mol. The highest BCUT2D eigenvalue weighted by molar-refractivity contribution is 7.09. The van der Waals surface area contributed by atoms with Crippen molar-refractivity contribution in [2.24, 2.45) is 0 Å². The predicted octanol–water partition coefficient (Wildman–Crippen LogP) is 2.33. The number of nitrogens with zero attached hydrogens (tertiary/aromatic N) is 3. The minimum atomic E-state index is -0.0536. The Kier molecular flexibility index (Phi) is 5.46. The number of hydrogen-bond acceptors (Lipinski definition) is 4. The Labute approximate surface area is 141 Å². The Balaban J connectivity index is 1.41. The van der Waals surface area contributed by atoms with Crippen molar-refractivity contribution >= 4 is 17.2 Å². The molecule has 23 heavy (non-hydrogen) atoms. The molecule has 1 amide bonds. The molecule has 0 unspecified atom stereocenters. The van der Waals surface area contributed by atoms with Crippen molar-refractivity contribution in [1.29, 1.82) is 0 Å². The molecule has 5 nitrogen and oxygen atoms in total. The van der Waals surface area contributed by atoms with Crippen molar-refractivity contribution in [3.8, 4) is 0 Å². The lowest BCUT2D eigenvalue weighted by Gasteiger charge is -2.35. The van der Waals surface area contributed by atoms with Crippen molar-refractivity contribution < 1.29 is 4.79 Å². The van der Waals surface area contributed by atoms with Gasteiger partial charge in [-0.15, -0.1) is 11.3 Å². The molecule has 0 saturated carbocycles. The first-order valence-electron chi connectivity index (χ1n) is 8.25. The van der Waals surface area contributed by atoms with Crippen LogP contribution in [-0.4, -0.2) is 46.0 Å². The summed E-state index contributed by atoms with van der Waals surface area (Å²) in [7, 11) is 0. The Morgan fingerprint density at radius 1 is 1.48 bits per heavy atom. The molecule has 3 heterocycles. The van der Waals surface area contributed by atoms with E-state index in [-0.39, 0.29) is 11.9 Å². The summed E-state index contributed by atoms with van der Waals surface area (Å²) >= 11 is 1.74. The van der Waals surface area contributed by atoms with Crippen LogP contribution in [0.1, 0.15) is 30.7 Å². The van der Waals surface area contributed by atoms with Gasteiger partial charge in [-0.2, -0.15) is 0 Å². The third kappa shape index (κ3) is 4.20. The highest BCUT2D eigenvalue weighted by Gasteiger charge is 2.26. The number of carbonyl (C=O) groups is 1. The van der Waals surface area contributed by atoms with Crippen molar-refractivity contribution in [1.82, 2.24) is 19.8 Å². The van der Waals surface area contributed by atoms with Gasteiger partial charge >= 0.3 is 0 Å². The van der Waals surface area contributed by atoms with E-state index in [1.54, 1.807) is 11.3 Å². The number of thiophene rings is 1. The summed E-state index contributed by atoms with van der Waals surface area (Å²) < 4.78 is 2.18. The van der Waals surface area contributed by atoms with E-state index in [9.17, 15) is 4.79 Å². The zero-order chi connectivity index (χ0) is 16.1. The second-order valence-electron chi connectivity index (χ2n) is 6.07. The van der Waals surface area contributed by atoms with Gasteiger partial charge in [0.25, 0.3) is 0 Å². The molecule has 1 aliphatic rings.